The van der Waals surface area contributed by atoms with Crippen LogP contribution in [0.4, 0.5) is 0 Å². The second-order valence-electron chi connectivity index (χ2n) is 5.35. The summed E-state index contributed by atoms with van der Waals surface area (Å²) in [5.74, 6) is 0.330. The third-order valence-corrected chi connectivity index (χ3v) is 6.01. The molecule has 0 spiro atoms. The summed E-state index contributed by atoms with van der Waals surface area (Å²) in [4.78, 5) is 0. The minimum atomic E-state index is -3.25. The van der Waals surface area contributed by atoms with E-state index < -0.39 is 10.2 Å². The van der Waals surface area contributed by atoms with Gasteiger partial charge in [-0.1, -0.05) is 12.8 Å². The highest BCUT2D eigenvalue weighted by Crippen LogP contribution is 2.25. The van der Waals surface area contributed by atoms with Gasteiger partial charge in [-0.05, 0) is 31.6 Å². The normalized spacial score (nSPS) is 28.4. The van der Waals surface area contributed by atoms with Crippen LogP contribution < -0.4 is 0 Å². The summed E-state index contributed by atoms with van der Waals surface area (Å²) < 4.78 is 28.2. The first-order valence-electron chi connectivity index (χ1n) is 7.00. The molecular formula is C12H24N2O3S. The summed E-state index contributed by atoms with van der Waals surface area (Å²) in [6.45, 7) is 2.69. The van der Waals surface area contributed by atoms with E-state index in [-0.39, 0.29) is 6.61 Å². The second-order valence-corrected chi connectivity index (χ2v) is 7.27. The van der Waals surface area contributed by atoms with Gasteiger partial charge in [0.25, 0.3) is 10.2 Å². The molecule has 2 rings (SSSR count). The molecule has 2 heterocycles. The van der Waals surface area contributed by atoms with Crippen LogP contribution in [0.1, 0.15) is 38.5 Å². The number of nitrogens with zero attached hydrogens (tertiary/aromatic N) is 2. The summed E-state index contributed by atoms with van der Waals surface area (Å²) in [6, 6.07) is 0. The topological polar surface area (TPSA) is 60.9 Å². The molecule has 0 aromatic rings. The van der Waals surface area contributed by atoms with Crippen molar-refractivity contribution in [2.75, 3.05) is 32.8 Å². The Hall–Kier alpha value is -0.170. The van der Waals surface area contributed by atoms with Crippen molar-refractivity contribution in [1.29, 1.82) is 0 Å². The zero-order chi connectivity index (χ0) is 13.0. The van der Waals surface area contributed by atoms with Crippen molar-refractivity contribution < 1.29 is 13.5 Å². The fraction of sp³-hybridized carbons (Fsp3) is 1.00. The van der Waals surface area contributed by atoms with Gasteiger partial charge in [-0.15, -0.1) is 0 Å². The molecule has 0 radical (unpaired) electrons. The molecule has 2 aliphatic heterocycles. The van der Waals surface area contributed by atoms with E-state index in [0.717, 1.165) is 32.1 Å². The lowest BCUT2D eigenvalue weighted by Gasteiger charge is -2.26. The van der Waals surface area contributed by atoms with Crippen molar-refractivity contribution in [1.82, 2.24) is 8.61 Å². The van der Waals surface area contributed by atoms with E-state index in [9.17, 15) is 8.42 Å². The van der Waals surface area contributed by atoms with Gasteiger partial charge in [-0.25, -0.2) is 0 Å². The van der Waals surface area contributed by atoms with Crippen molar-refractivity contribution in [2.24, 2.45) is 5.92 Å². The predicted molar refractivity (Wildman–Crippen MR) is 70.3 cm³/mol. The van der Waals surface area contributed by atoms with E-state index in [1.165, 1.54) is 0 Å². The van der Waals surface area contributed by atoms with Gasteiger partial charge < -0.3 is 5.11 Å². The summed E-state index contributed by atoms with van der Waals surface area (Å²) in [6.07, 6.45) is 5.83. The molecule has 2 saturated heterocycles. The van der Waals surface area contributed by atoms with Gasteiger partial charge in [0, 0.05) is 32.8 Å². The highest BCUT2D eigenvalue weighted by Gasteiger charge is 2.35. The SMILES string of the molecule is O=S(=O)(N1CCCCCC1)N1CCC(CCO)C1. The van der Waals surface area contributed by atoms with Crippen LogP contribution in [0.15, 0.2) is 0 Å². The molecule has 106 valence electrons. The highest BCUT2D eigenvalue weighted by atomic mass is 32.2. The molecule has 2 aliphatic rings. The Balaban J connectivity index is 1.97. The van der Waals surface area contributed by atoms with Crippen LogP contribution in [0.3, 0.4) is 0 Å². The molecule has 0 bridgehead atoms. The van der Waals surface area contributed by atoms with Crippen LogP contribution >= 0.6 is 0 Å². The molecular weight excluding hydrogens is 252 g/mol. The average Bonchev–Trinajstić information content (AvgIpc) is 2.65. The molecule has 6 heteroatoms. The van der Waals surface area contributed by atoms with Gasteiger partial charge >= 0.3 is 0 Å². The van der Waals surface area contributed by atoms with Crippen molar-refractivity contribution >= 4 is 10.2 Å². The molecule has 0 amide bonds. The van der Waals surface area contributed by atoms with E-state index in [1.807, 2.05) is 0 Å². The van der Waals surface area contributed by atoms with E-state index in [2.05, 4.69) is 0 Å². The fourth-order valence-electron chi connectivity index (χ4n) is 2.86. The molecule has 1 atom stereocenters. The third-order valence-electron chi connectivity index (χ3n) is 4.00. The summed E-state index contributed by atoms with van der Waals surface area (Å²) in [5, 5.41) is 8.92. The lowest BCUT2D eigenvalue weighted by atomic mass is 10.1. The summed E-state index contributed by atoms with van der Waals surface area (Å²) in [7, 11) is -3.25. The molecule has 2 fully saturated rings. The Kier molecular flexibility index (Phi) is 5.00. The fourth-order valence-corrected chi connectivity index (χ4v) is 4.64. The Labute approximate surface area is 110 Å². The van der Waals surface area contributed by atoms with Crippen molar-refractivity contribution in [3.8, 4) is 0 Å². The van der Waals surface area contributed by atoms with Crippen molar-refractivity contribution in [2.45, 2.75) is 38.5 Å². The highest BCUT2D eigenvalue weighted by molar-refractivity contribution is 7.86. The van der Waals surface area contributed by atoms with Gasteiger partial charge in [0.1, 0.15) is 0 Å². The van der Waals surface area contributed by atoms with Crippen LogP contribution in [0, 0.1) is 5.92 Å². The second kappa shape index (κ2) is 6.32. The van der Waals surface area contributed by atoms with Crippen LogP contribution in [0.25, 0.3) is 0 Å². The molecule has 0 aliphatic carbocycles. The maximum Gasteiger partial charge on any atom is 0.281 e. The smallest absolute Gasteiger partial charge is 0.281 e. The lowest BCUT2D eigenvalue weighted by Crippen LogP contribution is -2.43. The van der Waals surface area contributed by atoms with E-state index in [0.29, 0.717) is 38.5 Å². The zero-order valence-corrected chi connectivity index (χ0v) is 11.7. The molecule has 1 unspecified atom stereocenters. The third kappa shape index (κ3) is 3.23. The molecule has 0 aromatic carbocycles. The summed E-state index contributed by atoms with van der Waals surface area (Å²) >= 11 is 0. The van der Waals surface area contributed by atoms with Gasteiger partial charge in [0.2, 0.25) is 0 Å². The predicted octanol–water partition coefficient (Wildman–Crippen LogP) is 0.811. The van der Waals surface area contributed by atoms with Crippen LogP contribution in [0.2, 0.25) is 0 Å². The zero-order valence-electron chi connectivity index (χ0n) is 10.9. The van der Waals surface area contributed by atoms with Gasteiger partial charge in [-0.2, -0.15) is 17.0 Å². The Bertz CT molecular complexity index is 350. The monoisotopic (exact) mass is 276 g/mol. The summed E-state index contributed by atoms with van der Waals surface area (Å²) in [5.41, 5.74) is 0. The standard InChI is InChI=1S/C12H24N2O3S/c15-10-6-12-5-9-14(11-12)18(16,17)13-7-3-1-2-4-8-13/h12,15H,1-11H2. The molecule has 0 saturated carbocycles. The van der Waals surface area contributed by atoms with E-state index >= 15 is 0 Å². The van der Waals surface area contributed by atoms with Crippen molar-refractivity contribution in [3.05, 3.63) is 0 Å². The number of rotatable bonds is 4. The van der Waals surface area contributed by atoms with Gasteiger partial charge in [0.15, 0.2) is 0 Å². The number of hydrogen-bond acceptors (Lipinski definition) is 3. The number of aliphatic hydroxyl groups is 1. The van der Waals surface area contributed by atoms with Crippen molar-refractivity contribution in [3.63, 3.8) is 0 Å². The Morgan fingerprint density at radius 1 is 1.00 bits per heavy atom. The Morgan fingerprint density at radius 3 is 2.28 bits per heavy atom. The van der Waals surface area contributed by atoms with Crippen LogP contribution in [-0.4, -0.2) is 54.9 Å². The molecule has 5 nitrogen and oxygen atoms in total. The Morgan fingerprint density at radius 2 is 1.67 bits per heavy atom. The van der Waals surface area contributed by atoms with Crippen LogP contribution in [-0.2, 0) is 10.2 Å². The molecule has 1 N–H and O–H groups in total. The van der Waals surface area contributed by atoms with Gasteiger partial charge in [0.05, 0.1) is 0 Å². The number of aliphatic hydroxyl groups excluding tert-OH is 1. The first-order chi connectivity index (χ1) is 8.64. The first-order valence-corrected chi connectivity index (χ1v) is 8.40. The largest absolute Gasteiger partial charge is 0.396 e. The molecule has 18 heavy (non-hydrogen) atoms. The van der Waals surface area contributed by atoms with Gasteiger partial charge in [-0.3, -0.25) is 0 Å². The van der Waals surface area contributed by atoms with E-state index in [4.69, 9.17) is 5.11 Å². The number of hydrogen-bond donors (Lipinski definition) is 1. The lowest BCUT2D eigenvalue weighted by molar-refractivity contribution is 0.258. The minimum absolute atomic E-state index is 0.155. The molecule has 0 aromatic heterocycles. The first kappa shape index (κ1) is 14.2. The maximum absolute atomic E-state index is 12.5. The van der Waals surface area contributed by atoms with E-state index in [1.54, 1.807) is 8.61 Å². The minimum Gasteiger partial charge on any atom is -0.396 e. The van der Waals surface area contributed by atoms with Crippen LogP contribution in [0.5, 0.6) is 0 Å². The maximum atomic E-state index is 12.5. The average molecular weight is 276 g/mol. The quantitative estimate of drug-likeness (QED) is 0.826.